The predicted molar refractivity (Wildman–Crippen MR) is 237 cm³/mol. The minimum atomic E-state index is -2.86. The fraction of sp³-hybridized carbons (Fsp3) is 0.596. The van der Waals surface area contributed by atoms with Gasteiger partial charge < -0.3 is 10.8 Å². The van der Waals surface area contributed by atoms with Gasteiger partial charge >= 0.3 is 0 Å². The maximum absolute atomic E-state index is 13.2. The Hall–Kier alpha value is -4.17. The summed E-state index contributed by atoms with van der Waals surface area (Å²) in [6.45, 7) is 35.1. The summed E-state index contributed by atoms with van der Waals surface area (Å²) < 4.78 is 79.1. The molecule has 3 aromatic carbocycles. The van der Waals surface area contributed by atoms with Gasteiger partial charge in [0.2, 0.25) is 0 Å². The third-order valence-electron chi connectivity index (χ3n) is 9.52. The Bertz CT molecular complexity index is 2050. The second-order valence-corrected chi connectivity index (χ2v) is 21.4. The molecule has 0 bridgehead atoms. The van der Waals surface area contributed by atoms with Crippen molar-refractivity contribution in [2.45, 2.75) is 183 Å². The number of carboxylic acids is 1. The summed E-state index contributed by atoms with van der Waals surface area (Å²) in [7, 11) is 0. The molecule has 0 unspecified atom stereocenters. The number of hydrogen-bond donors (Lipinski definition) is 2. The normalized spacial score (nSPS) is 12.3. The van der Waals surface area contributed by atoms with E-state index in [1.165, 1.54) is 12.1 Å². The first kappa shape index (κ1) is 60.9. The van der Waals surface area contributed by atoms with Crippen LogP contribution in [0.25, 0.3) is 0 Å². The molecular formula is C47H69F6FeN3O6. The number of nitrogens with two attached hydrogens (primary N) is 1. The summed E-state index contributed by atoms with van der Waals surface area (Å²) >= 11 is 0. The molecule has 0 heterocycles. The Morgan fingerprint density at radius 1 is 0.508 bits per heavy atom. The summed E-state index contributed by atoms with van der Waals surface area (Å²) in [5.41, 5.74) is 6.19. The molecule has 3 rings (SSSR count). The average molecular weight is 942 g/mol. The fourth-order valence-electron chi connectivity index (χ4n) is 6.33. The SMILES string of the molecule is CC(=O)O.CC(C)(C)c1cc(C(C)(C)C)c(C(F)F)cc1N.CC(C)(C)c1cc(C(C)(C)C)c([N+](=O)[O-])cc1C(F)F.CC(C)(C)c1cc(C(F)F)c([N+](=O)[O-])c(C(C)(C)C)c1.[Fe]. The topological polar surface area (TPSA) is 150 Å². The van der Waals surface area contributed by atoms with Crippen LogP contribution in [-0.2, 0) is 54.4 Å². The van der Waals surface area contributed by atoms with Crippen molar-refractivity contribution < 1.29 is 63.2 Å². The van der Waals surface area contributed by atoms with Crippen LogP contribution in [0.2, 0.25) is 0 Å². The monoisotopic (exact) mass is 941 g/mol. The number of halogens is 6. The van der Waals surface area contributed by atoms with Crippen molar-refractivity contribution >= 4 is 23.0 Å². The largest absolute Gasteiger partial charge is 0.481 e. The van der Waals surface area contributed by atoms with Crippen LogP contribution in [0.1, 0.15) is 201 Å². The zero-order valence-electron chi connectivity index (χ0n) is 40.3. The van der Waals surface area contributed by atoms with E-state index in [-0.39, 0.29) is 50.1 Å². The minimum Gasteiger partial charge on any atom is -0.481 e. The number of nitro benzene ring substituents is 2. The first-order valence-electron chi connectivity index (χ1n) is 20.0. The second kappa shape index (κ2) is 22.1. The second-order valence-electron chi connectivity index (χ2n) is 21.4. The van der Waals surface area contributed by atoms with Crippen LogP contribution in [0, 0.1) is 20.2 Å². The first-order chi connectivity index (χ1) is 27.4. The minimum absolute atomic E-state index is 0. The number of anilines is 1. The van der Waals surface area contributed by atoms with Gasteiger partial charge in [-0.3, -0.25) is 25.0 Å². The van der Waals surface area contributed by atoms with Crippen molar-refractivity contribution in [3.8, 4) is 0 Å². The molecular weight excluding hydrogens is 872 g/mol. The summed E-state index contributed by atoms with van der Waals surface area (Å²) in [5, 5.41) is 29.8. The molecule has 0 spiro atoms. The number of alkyl halides is 6. The molecule has 0 aliphatic rings. The maximum Gasteiger partial charge on any atom is 0.300 e. The molecule has 0 saturated carbocycles. The Morgan fingerprint density at radius 2 is 0.825 bits per heavy atom. The van der Waals surface area contributed by atoms with E-state index in [4.69, 9.17) is 15.6 Å². The van der Waals surface area contributed by atoms with Crippen molar-refractivity contribution in [1.29, 1.82) is 0 Å². The number of aliphatic carboxylic acids is 1. The van der Waals surface area contributed by atoms with E-state index in [2.05, 4.69) is 0 Å². The average Bonchev–Trinajstić information content (AvgIpc) is 3.04. The van der Waals surface area contributed by atoms with E-state index in [1.54, 1.807) is 32.9 Å². The van der Waals surface area contributed by atoms with Crippen molar-refractivity contribution in [2.75, 3.05) is 5.73 Å². The number of benzene rings is 3. The zero-order valence-corrected chi connectivity index (χ0v) is 41.4. The number of hydrogen-bond acceptors (Lipinski definition) is 6. The van der Waals surface area contributed by atoms with Gasteiger partial charge in [-0.15, -0.1) is 0 Å². The number of carboxylic acid groups (broad SMARTS) is 1. The number of nitro groups is 2. The molecule has 0 saturated heterocycles. The van der Waals surface area contributed by atoms with Crippen LogP contribution in [0.15, 0.2) is 36.4 Å². The molecule has 0 aromatic heterocycles. The summed E-state index contributed by atoms with van der Waals surface area (Å²) in [6, 6.07) is 8.83. The van der Waals surface area contributed by atoms with Gasteiger partial charge in [0, 0.05) is 58.0 Å². The van der Waals surface area contributed by atoms with Crippen molar-refractivity contribution in [2.24, 2.45) is 0 Å². The van der Waals surface area contributed by atoms with Crippen LogP contribution in [-0.4, -0.2) is 20.9 Å². The Balaban J connectivity index is 0. The molecule has 358 valence electrons. The molecule has 0 aliphatic heterocycles. The van der Waals surface area contributed by atoms with Gasteiger partial charge in [0.25, 0.3) is 36.6 Å². The number of carbonyl (C=O) groups is 1. The number of nitrogen functional groups attached to an aromatic ring is 1. The molecule has 0 aliphatic carbocycles. The zero-order chi connectivity index (χ0) is 49.6. The van der Waals surface area contributed by atoms with Crippen molar-refractivity contribution in [3.05, 3.63) is 107 Å². The van der Waals surface area contributed by atoms with Crippen LogP contribution in [0.3, 0.4) is 0 Å². The van der Waals surface area contributed by atoms with E-state index < -0.39 is 62.6 Å². The molecule has 0 radical (unpaired) electrons. The van der Waals surface area contributed by atoms with Gasteiger partial charge in [-0.25, -0.2) is 26.3 Å². The molecule has 0 fully saturated rings. The van der Waals surface area contributed by atoms with Crippen LogP contribution in [0.5, 0.6) is 0 Å². The summed E-state index contributed by atoms with van der Waals surface area (Å²) in [6.07, 6.45) is -8.08. The van der Waals surface area contributed by atoms with E-state index in [0.29, 0.717) is 33.5 Å². The number of nitrogens with zero attached hydrogens (tertiary/aromatic N) is 2. The molecule has 3 aromatic rings. The van der Waals surface area contributed by atoms with Gasteiger partial charge in [-0.05, 0) is 79.0 Å². The molecule has 63 heavy (non-hydrogen) atoms. The first-order valence-corrected chi connectivity index (χ1v) is 20.0. The third-order valence-corrected chi connectivity index (χ3v) is 9.52. The molecule has 0 amide bonds. The van der Waals surface area contributed by atoms with E-state index in [0.717, 1.165) is 18.6 Å². The molecule has 0 atom stereocenters. The van der Waals surface area contributed by atoms with E-state index >= 15 is 0 Å². The van der Waals surface area contributed by atoms with E-state index in [1.807, 2.05) is 110 Å². The van der Waals surface area contributed by atoms with Gasteiger partial charge in [0.1, 0.15) is 0 Å². The molecule has 3 N–H and O–H groups in total. The van der Waals surface area contributed by atoms with Crippen LogP contribution in [0.4, 0.5) is 43.4 Å². The van der Waals surface area contributed by atoms with Gasteiger partial charge in [0.05, 0.1) is 15.4 Å². The van der Waals surface area contributed by atoms with Crippen LogP contribution < -0.4 is 5.73 Å². The Kier molecular flexibility index (Phi) is 21.4. The van der Waals surface area contributed by atoms with E-state index in [9.17, 15) is 46.6 Å². The molecule has 9 nitrogen and oxygen atoms in total. The fourth-order valence-corrected chi connectivity index (χ4v) is 6.33. The quantitative estimate of drug-likeness (QED) is 0.0850. The Labute approximate surface area is 380 Å². The van der Waals surface area contributed by atoms with Gasteiger partial charge in [-0.1, -0.05) is 131 Å². The smallest absolute Gasteiger partial charge is 0.300 e. The van der Waals surface area contributed by atoms with Crippen molar-refractivity contribution in [1.82, 2.24) is 0 Å². The Morgan fingerprint density at radius 3 is 1.10 bits per heavy atom. The number of rotatable bonds is 5. The predicted octanol–water partition coefficient (Wildman–Crippen LogP) is 15.1. The summed E-state index contributed by atoms with van der Waals surface area (Å²) in [4.78, 5) is 30.1. The third kappa shape index (κ3) is 18.1. The summed E-state index contributed by atoms with van der Waals surface area (Å²) in [5.74, 6) is -0.833. The molecule has 16 heteroatoms. The van der Waals surface area contributed by atoms with Crippen LogP contribution >= 0.6 is 0 Å². The standard InChI is InChI=1S/2C15H21F2NO2.C15H23F2N.C2H4O2.Fe/c1-14(2,3)10-8-11(15(4,5)6)12(18(19)20)7-9(10)13(16)17;1-14(2,3)9-7-10(13(16)17)12(18(19)20)11(8-9)15(4,5)6;1-14(2,3)10-8-11(15(4,5)6)12(18)7-9(10)13(16)17;1-2(3)4;/h2*7-8,13H,1-6H3;7-8,13H,18H2,1-6H3;1H3,(H,3,4);. The van der Waals surface area contributed by atoms with Gasteiger partial charge in [-0.2, -0.15) is 0 Å². The van der Waals surface area contributed by atoms with Crippen molar-refractivity contribution in [3.63, 3.8) is 0 Å². The van der Waals surface area contributed by atoms with Gasteiger partial charge in [0.15, 0.2) is 0 Å². The maximum atomic E-state index is 13.2.